The molecule has 0 bridgehead atoms. The Kier molecular flexibility index (Phi) is 3.68. The molecule has 1 atom stereocenters. The molecular formula is C21H21N3O. The van der Waals surface area contributed by atoms with Crippen LogP contribution in [0.1, 0.15) is 35.8 Å². The molecule has 0 unspecified atom stereocenters. The monoisotopic (exact) mass is 331 g/mol. The Bertz CT molecular complexity index is 1020. The van der Waals surface area contributed by atoms with Crippen LogP contribution in [0.3, 0.4) is 0 Å². The molecule has 0 fully saturated rings. The number of aryl methyl sites for hydroxylation is 3. The van der Waals surface area contributed by atoms with Gasteiger partial charge >= 0.3 is 0 Å². The third kappa shape index (κ3) is 2.54. The van der Waals surface area contributed by atoms with Crippen molar-refractivity contribution in [1.82, 2.24) is 14.7 Å². The van der Waals surface area contributed by atoms with Gasteiger partial charge in [0.15, 0.2) is 0 Å². The highest BCUT2D eigenvalue weighted by Crippen LogP contribution is 2.32. The van der Waals surface area contributed by atoms with Gasteiger partial charge in [0.05, 0.1) is 22.8 Å². The van der Waals surface area contributed by atoms with Gasteiger partial charge in [0.25, 0.3) is 0 Å². The Morgan fingerprint density at radius 1 is 1.00 bits per heavy atom. The Balaban J connectivity index is 1.90. The second-order valence-corrected chi connectivity index (χ2v) is 6.52. The van der Waals surface area contributed by atoms with E-state index in [2.05, 4.69) is 66.0 Å². The maximum Gasteiger partial charge on any atom is 0.141 e. The van der Waals surface area contributed by atoms with Gasteiger partial charge in [-0.15, -0.1) is 0 Å². The SMILES string of the molecule is Cc1noc(C)c1-c1ccc2nc(C)n([C@H](C)c3ccccc3)c2c1. The molecule has 126 valence electrons. The molecular weight excluding hydrogens is 310 g/mol. The van der Waals surface area contributed by atoms with Crippen molar-refractivity contribution >= 4 is 11.0 Å². The van der Waals surface area contributed by atoms with Crippen molar-refractivity contribution in [1.29, 1.82) is 0 Å². The lowest BCUT2D eigenvalue weighted by molar-refractivity contribution is 0.393. The first-order valence-corrected chi connectivity index (χ1v) is 8.53. The Morgan fingerprint density at radius 3 is 2.44 bits per heavy atom. The van der Waals surface area contributed by atoms with Gasteiger partial charge in [-0.25, -0.2) is 4.98 Å². The second kappa shape index (κ2) is 5.88. The van der Waals surface area contributed by atoms with E-state index in [-0.39, 0.29) is 6.04 Å². The van der Waals surface area contributed by atoms with E-state index in [4.69, 9.17) is 9.51 Å². The molecule has 2 aromatic carbocycles. The van der Waals surface area contributed by atoms with Gasteiger partial charge in [0, 0.05) is 5.56 Å². The van der Waals surface area contributed by atoms with E-state index >= 15 is 0 Å². The predicted octanol–water partition coefficient (Wildman–Crippen LogP) is 5.23. The first-order chi connectivity index (χ1) is 12.1. The molecule has 2 heterocycles. The predicted molar refractivity (Wildman–Crippen MR) is 99.7 cm³/mol. The fraction of sp³-hybridized carbons (Fsp3) is 0.238. The fourth-order valence-electron chi connectivity index (χ4n) is 3.63. The Hall–Kier alpha value is -2.88. The third-order valence-corrected chi connectivity index (χ3v) is 4.86. The van der Waals surface area contributed by atoms with Crippen LogP contribution in [-0.2, 0) is 0 Å². The van der Waals surface area contributed by atoms with Gasteiger partial charge in [0.1, 0.15) is 11.6 Å². The number of benzene rings is 2. The number of fused-ring (bicyclic) bond motifs is 1. The van der Waals surface area contributed by atoms with Gasteiger partial charge in [-0.3, -0.25) is 0 Å². The summed E-state index contributed by atoms with van der Waals surface area (Å²) in [6.45, 7) is 8.21. The quantitative estimate of drug-likeness (QED) is 0.516. The lowest BCUT2D eigenvalue weighted by atomic mass is 10.0. The largest absolute Gasteiger partial charge is 0.361 e. The van der Waals surface area contributed by atoms with Crippen molar-refractivity contribution < 1.29 is 4.52 Å². The zero-order valence-electron chi connectivity index (χ0n) is 14.9. The molecule has 0 spiro atoms. The van der Waals surface area contributed by atoms with Crippen molar-refractivity contribution in [2.24, 2.45) is 0 Å². The molecule has 25 heavy (non-hydrogen) atoms. The summed E-state index contributed by atoms with van der Waals surface area (Å²) in [4.78, 5) is 4.75. The van der Waals surface area contributed by atoms with Crippen LogP contribution in [0.15, 0.2) is 53.1 Å². The number of hydrogen-bond acceptors (Lipinski definition) is 3. The molecule has 0 saturated heterocycles. The maximum atomic E-state index is 5.34. The van der Waals surface area contributed by atoms with E-state index in [0.29, 0.717) is 0 Å². The first kappa shape index (κ1) is 15.6. The zero-order chi connectivity index (χ0) is 17.6. The van der Waals surface area contributed by atoms with Gasteiger partial charge in [-0.1, -0.05) is 41.6 Å². The van der Waals surface area contributed by atoms with Crippen LogP contribution < -0.4 is 0 Å². The maximum absolute atomic E-state index is 5.34. The average Bonchev–Trinajstić information content (AvgIpc) is 3.12. The summed E-state index contributed by atoms with van der Waals surface area (Å²) in [5.41, 5.74) is 6.51. The minimum atomic E-state index is 0.214. The summed E-state index contributed by atoms with van der Waals surface area (Å²) in [5, 5.41) is 4.09. The molecule has 0 aliphatic rings. The van der Waals surface area contributed by atoms with Crippen LogP contribution in [0.25, 0.3) is 22.2 Å². The average molecular weight is 331 g/mol. The topological polar surface area (TPSA) is 43.9 Å². The summed E-state index contributed by atoms with van der Waals surface area (Å²) < 4.78 is 7.64. The van der Waals surface area contributed by atoms with E-state index in [1.165, 1.54) is 5.56 Å². The first-order valence-electron chi connectivity index (χ1n) is 8.53. The lowest BCUT2D eigenvalue weighted by Gasteiger charge is -2.17. The van der Waals surface area contributed by atoms with Gasteiger partial charge in [0.2, 0.25) is 0 Å². The zero-order valence-corrected chi connectivity index (χ0v) is 14.9. The van der Waals surface area contributed by atoms with Crippen molar-refractivity contribution in [3.63, 3.8) is 0 Å². The molecule has 4 nitrogen and oxygen atoms in total. The highest BCUT2D eigenvalue weighted by Gasteiger charge is 2.17. The molecule has 0 amide bonds. The molecule has 4 aromatic rings. The molecule has 0 saturated carbocycles. The van der Waals surface area contributed by atoms with E-state index in [0.717, 1.165) is 39.4 Å². The van der Waals surface area contributed by atoms with E-state index < -0.39 is 0 Å². The summed E-state index contributed by atoms with van der Waals surface area (Å²) in [7, 11) is 0. The standard InChI is InChI=1S/C21H21N3O/c1-13-21(15(3)25-23-13)18-10-11-19-20(12-18)24(16(4)22-19)14(2)17-8-6-5-7-9-17/h5-12,14H,1-4H3/t14-/m1/s1. The van der Waals surface area contributed by atoms with Crippen LogP contribution in [-0.4, -0.2) is 14.7 Å². The van der Waals surface area contributed by atoms with Crippen LogP contribution in [0.2, 0.25) is 0 Å². The number of nitrogens with zero attached hydrogens (tertiary/aromatic N) is 3. The van der Waals surface area contributed by atoms with E-state index in [1.54, 1.807) is 0 Å². The normalized spacial score (nSPS) is 12.6. The van der Waals surface area contributed by atoms with Crippen molar-refractivity contribution in [2.45, 2.75) is 33.7 Å². The van der Waals surface area contributed by atoms with Crippen molar-refractivity contribution in [3.8, 4) is 11.1 Å². The number of rotatable bonds is 3. The Labute approximate surface area is 147 Å². The summed E-state index contributed by atoms with van der Waals surface area (Å²) in [5.74, 6) is 1.86. The van der Waals surface area contributed by atoms with Crippen LogP contribution in [0.4, 0.5) is 0 Å². The highest BCUT2D eigenvalue weighted by molar-refractivity contribution is 5.84. The smallest absolute Gasteiger partial charge is 0.141 e. The molecule has 0 aliphatic carbocycles. The lowest BCUT2D eigenvalue weighted by Crippen LogP contribution is -2.08. The summed E-state index contributed by atoms with van der Waals surface area (Å²) in [6.07, 6.45) is 0. The number of imidazole rings is 1. The van der Waals surface area contributed by atoms with Crippen molar-refractivity contribution in [3.05, 3.63) is 71.4 Å². The minimum Gasteiger partial charge on any atom is -0.361 e. The van der Waals surface area contributed by atoms with E-state index in [1.807, 2.05) is 19.9 Å². The molecule has 4 rings (SSSR count). The molecule has 0 radical (unpaired) electrons. The summed E-state index contributed by atoms with van der Waals surface area (Å²) >= 11 is 0. The van der Waals surface area contributed by atoms with Crippen LogP contribution in [0, 0.1) is 20.8 Å². The Morgan fingerprint density at radius 2 is 1.76 bits per heavy atom. The molecule has 2 aromatic heterocycles. The third-order valence-electron chi connectivity index (χ3n) is 4.86. The minimum absolute atomic E-state index is 0.214. The molecule has 0 N–H and O–H groups in total. The van der Waals surface area contributed by atoms with Crippen LogP contribution in [0.5, 0.6) is 0 Å². The van der Waals surface area contributed by atoms with Crippen LogP contribution >= 0.6 is 0 Å². The highest BCUT2D eigenvalue weighted by atomic mass is 16.5. The van der Waals surface area contributed by atoms with E-state index in [9.17, 15) is 0 Å². The van der Waals surface area contributed by atoms with Crippen molar-refractivity contribution in [2.75, 3.05) is 0 Å². The summed E-state index contributed by atoms with van der Waals surface area (Å²) in [6, 6.07) is 17.1. The van der Waals surface area contributed by atoms with Gasteiger partial charge < -0.3 is 9.09 Å². The van der Waals surface area contributed by atoms with Gasteiger partial charge in [-0.05, 0) is 51.0 Å². The molecule has 0 aliphatic heterocycles. The number of hydrogen-bond donors (Lipinski definition) is 0. The fourth-order valence-corrected chi connectivity index (χ4v) is 3.63. The molecule has 4 heteroatoms. The second-order valence-electron chi connectivity index (χ2n) is 6.52. The number of aromatic nitrogens is 3. The van der Waals surface area contributed by atoms with Gasteiger partial charge in [-0.2, -0.15) is 0 Å².